The standard InChI is InChI=1S/C13H18N4O3/c1-19-10-12-15-13(20-16-12)9-17(5-6-18)8-11-3-2-4-14-7-11/h2-4,7,18H,5-6,8-10H2,1H3. The van der Waals surface area contributed by atoms with E-state index in [0.717, 1.165) is 5.56 Å². The molecular weight excluding hydrogens is 260 g/mol. The number of hydrogen-bond acceptors (Lipinski definition) is 7. The summed E-state index contributed by atoms with van der Waals surface area (Å²) in [5, 5.41) is 13.0. The first-order valence-corrected chi connectivity index (χ1v) is 6.34. The summed E-state index contributed by atoms with van der Waals surface area (Å²) >= 11 is 0. The van der Waals surface area contributed by atoms with Crippen LogP contribution in [0.2, 0.25) is 0 Å². The van der Waals surface area contributed by atoms with Gasteiger partial charge in [-0.15, -0.1) is 0 Å². The first kappa shape index (κ1) is 14.6. The average molecular weight is 278 g/mol. The second-order valence-corrected chi connectivity index (χ2v) is 4.33. The molecule has 20 heavy (non-hydrogen) atoms. The molecule has 108 valence electrons. The Morgan fingerprint density at radius 2 is 2.30 bits per heavy atom. The molecule has 0 fully saturated rings. The highest BCUT2D eigenvalue weighted by Gasteiger charge is 2.12. The lowest BCUT2D eigenvalue weighted by molar-refractivity contribution is 0.166. The van der Waals surface area contributed by atoms with Crippen molar-refractivity contribution >= 4 is 0 Å². The Balaban J connectivity index is 1.97. The van der Waals surface area contributed by atoms with Crippen molar-refractivity contribution in [2.75, 3.05) is 20.3 Å². The predicted octanol–water partition coefficient (Wildman–Crippen LogP) is 0.605. The van der Waals surface area contributed by atoms with Gasteiger partial charge < -0.3 is 14.4 Å². The summed E-state index contributed by atoms with van der Waals surface area (Å²) in [6.07, 6.45) is 3.53. The Hall–Kier alpha value is -1.83. The highest BCUT2D eigenvalue weighted by Crippen LogP contribution is 2.08. The minimum absolute atomic E-state index is 0.0688. The van der Waals surface area contributed by atoms with Gasteiger partial charge in [0, 0.05) is 32.6 Å². The van der Waals surface area contributed by atoms with E-state index >= 15 is 0 Å². The Morgan fingerprint density at radius 1 is 1.40 bits per heavy atom. The molecule has 0 aliphatic carbocycles. The topological polar surface area (TPSA) is 84.5 Å². The van der Waals surface area contributed by atoms with E-state index in [0.29, 0.717) is 38.0 Å². The van der Waals surface area contributed by atoms with E-state index in [-0.39, 0.29) is 6.61 Å². The molecule has 0 spiro atoms. The summed E-state index contributed by atoms with van der Waals surface area (Å²) < 4.78 is 10.1. The average Bonchev–Trinajstić information content (AvgIpc) is 2.88. The Morgan fingerprint density at radius 3 is 3.00 bits per heavy atom. The van der Waals surface area contributed by atoms with E-state index in [1.54, 1.807) is 19.5 Å². The maximum Gasteiger partial charge on any atom is 0.240 e. The van der Waals surface area contributed by atoms with Gasteiger partial charge in [-0.1, -0.05) is 11.2 Å². The van der Waals surface area contributed by atoms with Crippen molar-refractivity contribution in [3.8, 4) is 0 Å². The van der Waals surface area contributed by atoms with E-state index in [4.69, 9.17) is 14.4 Å². The predicted molar refractivity (Wildman–Crippen MR) is 70.4 cm³/mol. The van der Waals surface area contributed by atoms with Crippen LogP contribution in [0.5, 0.6) is 0 Å². The lowest BCUT2D eigenvalue weighted by Gasteiger charge is -2.18. The summed E-state index contributed by atoms with van der Waals surface area (Å²) in [7, 11) is 1.58. The molecule has 0 bridgehead atoms. The first-order valence-electron chi connectivity index (χ1n) is 6.34. The lowest BCUT2D eigenvalue weighted by Crippen LogP contribution is -2.26. The van der Waals surface area contributed by atoms with Gasteiger partial charge in [-0.2, -0.15) is 4.98 Å². The van der Waals surface area contributed by atoms with Crippen LogP contribution in [0, 0.1) is 0 Å². The number of ether oxygens (including phenoxy) is 1. The second kappa shape index (κ2) is 7.68. The Labute approximate surface area is 117 Å². The van der Waals surface area contributed by atoms with Crippen molar-refractivity contribution in [3.63, 3.8) is 0 Å². The van der Waals surface area contributed by atoms with Crippen molar-refractivity contribution < 1.29 is 14.4 Å². The maximum atomic E-state index is 9.14. The van der Waals surface area contributed by atoms with Gasteiger partial charge in [0.25, 0.3) is 0 Å². The van der Waals surface area contributed by atoms with Crippen LogP contribution in [-0.2, 0) is 24.4 Å². The van der Waals surface area contributed by atoms with Crippen molar-refractivity contribution in [1.29, 1.82) is 0 Å². The SMILES string of the molecule is COCc1noc(CN(CCO)Cc2cccnc2)n1. The molecule has 2 aromatic heterocycles. The van der Waals surface area contributed by atoms with Gasteiger partial charge in [-0.05, 0) is 11.6 Å². The Kier molecular flexibility index (Phi) is 5.60. The number of aliphatic hydroxyl groups excluding tert-OH is 1. The minimum atomic E-state index is 0.0688. The van der Waals surface area contributed by atoms with E-state index in [2.05, 4.69) is 15.1 Å². The zero-order valence-corrected chi connectivity index (χ0v) is 11.4. The van der Waals surface area contributed by atoms with Gasteiger partial charge in [-0.25, -0.2) is 0 Å². The molecule has 2 aromatic rings. The molecular formula is C13H18N4O3. The minimum Gasteiger partial charge on any atom is -0.395 e. The Bertz CT molecular complexity index is 503. The molecule has 0 aliphatic rings. The number of pyridine rings is 1. The number of nitrogens with zero attached hydrogens (tertiary/aromatic N) is 4. The van der Waals surface area contributed by atoms with E-state index < -0.39 is 0 Å². The molecule has 0 atom stereocenters. The first-order chi connectivity index (χ1) is 9.81. The van der Waals surface area contributed by atoms with Gasteiger partial charge >= 0.3 is 0 Å². The molecule has 1 N–H and O–H groups in total. The molecule has 0 unspecified atom stereocenters. The smallest absolute Gasteiger partial charge is 0.240 e. The third kappa shape index (κ3) is 4.37. The van der Waals surface area contributed by atoms with Crippen LogP contribution in [0.25, 0.3) is 0 Å². The third-order valence-corrected chi connectivity index (χ3v) is 2.69. The molecule has 0 aliphatic heterocycles. The number of methoxy groups -OCH3 is 1. The third-order valence-electron chi connectivity index (χ3n) is 2.69. The van der Waals surface area contributed by atoms with Crippen molar-refractivity contribution in [2.45, 2.75) is 19.7 Å². The lowest BCUT2D eigenvalue weighted by atomic mass is 10.2. The number of rotatable bonds is 8. The molecule has 2 rings (SSSR count). The van der Waals surface area contributed by atoms with Crippen LogP contribution < -0.4 is 0 Å². The molecule has 7 nitrogen and oxygen atoms in total. The summed E-state index contributed by atoms with van der Waals surface area (Å²) in [6, 6.07) is 3.87. The number of hydrogen-bond donors (Lipinski definition) is 1. The van der Waals surface area contributed by atoms with Gasteiger partial charge in [0.1, 0.15) is 6.61 Å². The second-order valence-electron chi connectivity index (χ2n) is 4.33. The van der Waals surface area contributed by atoms with Gasteiger partial charge in [0.05, 0.1) is 13.2 Å². The number of aliphatic hydroxyl groups is 1. The van der Waals surface area contributed by atoms with Gasteiger partial charge in [-0.3, -0.25) is 9.88 Å². The van der Waals surface area contributed by atoms with Gasteiger partial charge in [0.2, 0.25) is 5.89 Å². The van der Waals surface area contributed by atoms with Crippen LogP contribution in [0.1, 0.15) is 17.3 Å². The summed E-state index contributed by atoms with van der Waals surface area (Å²) in [5.41, 5.74) is 1.07. The van der Waals surface area contributed by atoms with Crippen LogP contribution in [0.4, 0.5) is 0 Å². The summed E-state index contributed by atoms with van der Waals surface area (Å²) in [5.74, 6) is 1.03. The van der Waals surface area contributed by atoms with Crippen LogP contribution in [0.15, 0.2) is 29.0 Å². The molecule has 0 aromatic carbocycles. The zero-order chi connectivity index (χ0) is 14.2. The molecule has 0 amide bonds. The molecule has 0 saturated carbocycles. The van der Waals surface area contributed by atoms with E-state index in [1.807, 2.05) is 17.0 Å². The summed E-state index contributed by atoms with van der Waals surface area (Å²) in [6.45, 7) is 2.06. The summed E-state index contributed by atoms with van der Waals surface area (Å²) in [4.78, 5) is 10.3. The maximum absolute atomic E-state index is 9.14. The quantitative estimate of drug-likeness (QED) is 0.757. The molecule has 0 saturated heterocycles. The van der Waals surface area contributed by atoms with E-state index in [1.165, 1.54) is 0 Å². The highest BCUT2D eigenvalue weighted by atomic mass is 16.5. The monoisotopic (exact) mass is 278 g/mol. The van der Waals surface area contributed by atoms with Gasteiger partial charge in [0.15, 0.2) is 5.82 Å². The van der Waals surface area contributed by atoms with Crippen LogP contribution >= 0.6 is 0 Å². The zero-order valence-electron chi connectivity index (χ0n) is 11.4. The fourth-order valence-electron chi connectivity index (χ4n) is 1.84. The fraction of sp³-hybridized carbons (Fsp3) is 0.462. The van der Waals surface area contributed by atoms with E-state index in [9.17, 15) is 0 Å². The fourth-order valence-corrected chi connectivity index (χ4v) is 1.84. The normalized spacial score (nSPS) is 11.2. The largest absolute Gasteiger partial charge is 0.395 e. The molecule has 7 heteroatoms. The number of aromatic nitrogens is 3. The molecule has 0 radical (unpaired) electrons. The van der Waals surface area contributed by atoms with Crippen molar-refractivity contribution in [3.05, 3.63) is 41.8 Å². The van der Waals surface area contributed by atoms with Crippen molar-refractivity contribution in [2.24, 2.45) is 0 Å². The van der Waals surface area contributed by atoms with Crippen LogP contribution in [0.3, 0.4) is 0 Å². The van der Waals surface area contributed by atoms with Crippen molar-refractivity contribution in [1.82, 2.24) is 20.0 Å². The van der Waals surface area contributed by atoms with Crippen LogP contribution in [-0.4, -0.2) is 45.4 Å². The highest BCUT2D eigenvalue weighted by molar-refractivity contribution is 5.08. The molecule has 2 heterocycles.